The summed E-state index contributed by atoms with van der Waals surface area (Å²) in [6.07, 6.45) is -3.47. The molecule has 1 heterocycles. The molecule has 1 aromatic heterocycles. The smallest absolute Gasteiger partial charge is 0.433 e. The summed E-state index contributed by atoms with van der Waals surface area (Å²) in [7, 11) is 0. The third-order valence-corrected chi connectivity index (χ3v) is 1.81. The first-order valence-electron chi connectivity index (χ1n) is 4.16. The van der Waals surface area contributed by atoms with Crippen molar-refractivity contribution in [2.24, 2.45) is 0 Å². The van der Waals surface area contributed by atoms with Gasteiger partial charge in [-0.2, -0.15) is 13.2 Å². The highest BCUT2D eigenvalue weighted by Crippen LogP contribution is 2.31. The average Bonchev–Trinajstić information content (AvgIpc) is 2.67. The molecule has 5 heteroatoms. The number of alkyl halides is 3. The number of benzene rings is 1. The van der Waals surface area contributed by atoms with Gasteiger partial charge in [-0.3, -0.25) is 0 Å². The molecule has 0 saturated carbocycles. The number of halogens is 3. The monoisotopic (exact) mass is 213 g/mol. The van der Waals surface area contributed by atoms with Crippen LogP contribution in [-0.2, 0) is 6.18 Å². The van der Waals surface area contributed by atoms with Crippen LogP contribution in [0.3, 0.4) is 0 Å². The lowest BCUT2D eigenvalue weighted by molar-refractivity contribution is -0.156. The molecule has 0 saturated heterocycles. The summed E-state index contributed by atoms with van der Waals surface area (Å²) in [5.41, 5.74) is 0.570. The summed E-state index contributed by atoms with van der Waals surface area (Å²) >= 11 is 0. The molecule has 0 aliphatic heterocycles. The quantitative estimate of drug-likeness (QED) is 0.725. The zero-order chi connectivity index (χ0) is 10.9. The van der Waals surface area contributed by atoms with Crippen LogP contribution in [0.2, 0.25) is 0 Å². The molecular weight excluding hydrogens is 207 g/mol. The third-order valence-electron chi connectivity index (χ3n) is 1.81. The second kappa shape index (κ2) is 3.42. The molecule has 78 valence electrons. The summed E-state index contributed by atoms with van der Waals surface area (Å²) in [5.74, 6) is -1.11. The Bertz CT molecular complexity index is 447. The van der Waals surface area contributed by atoms with E-state index >= 15 is 0 Å². The molecule has 2 rings (SSSR count). The maximum atomic E-state index is 12.2. The van der Waals surface area contributed by atoms with Gasteiger partial charge in [0, 0.05) is 5.56 Å². The van der Waals surface area contributed by atoms with Gasteiger partial charge in [0.05, 0.1) is 6.20 Å². The lowest BCUT2D eigenvalue weighted by atomic mass is 10.2. The first-order chi connectivity index (χ1) is 7.07. The maximum Gasteiger partial charge on any atom is 0.468 e. The van der Waals surface area contributed by atoms with Crippen molar-refractivity contribution in [3.63, 3.8) is 0 Å². The predicted octanol–water partition coefficient (Wildman–Crippen LogP) is 3.36. The largest absolute Gasteiger partial charge is 0.468 e. The van der Waals surface area contributed by atoms with E-state index in [4.69, 9.17) is 0 Å². The zero-order valence-corrected chi connectivity index (χ0v) is 7.45. The number of oxazole rings is 1. The van der Waals surface area contributed by atoms with Crippen molar-refractivity contribution in [2.45, 2.75) is 6.18 Å². The number of rotatable bonds is 1. The van der Waals surface area contributed by atoms with Crippen LogP contribution in [0.4, 0.5) is 13.2 Å². The van der Waals surface area contributed by atoms with Crippen molar-refractivity contribution in [3.8, 4) is 11.3 Å². The molecule has 2 nitrogen and oxygen atoms in total. The van der Waals surface area contributed by atoms with Crippen LogP contribution in [0, 0.1) is 0 Å². The Morgan fingerprint density at radius 1 is 1.07 bits per heavy atom. The Hall–Kier alpha value is -1.78. The zero-order valence-electron chi connectivity index (χ0n) is 7.45. The molecule has 0 N–H and O–H groups in total. The molecule has 0 aliphatic rings. The van der Waals surface area contributed by atoms with Crippen molar-refractivity contribution >= 4 is 0 Å². The second-order valence-corrected chi connectivity index (χ2v) is 2.89. The molecule has 0 bridgehead atoms. The van der Waals surface area contributed by atoms with E-state index < -0.39 is 12.1 Å². The Morgan fingerprint density at radius 2 is 1.73 bits per heavy atom. The Morgan fingerprint density at radius 3 is 2.27 bits per heavy atom. The fraction of sp³-hybridized carbons (Fsp3) is 0.100. The van der Waals surface area contributed by atoms with E-state index in [0.29, 0.717) is 5.56 Å². The van der Waals surface area contributed by atoms with Gasteiger partial charge in [0.1, 0.15) is 0 Å². The standard InChI is InChI=1S/C10H6F3NO/c11-10(12,13)9-14-6-8(15-9)7-4-2-1-3-5-7/h1-6H. The van der Waals surface area contributed by atoms with Crippen LogP contribution < -0.4 is 0 Å². The summed E-state index contributed by atoms with van der Waals surface area (Å²) in [6.45, 7) is 0. The number of hydrogen-bond acceptors (Lipinski definition) is 2. The van der Waals surface area contributed by atoms with Crippen molar-refractivity contribution in [2.75, 3.05) is 0 Å². The molecule has 0 atom stereocenters. The molecule has 0 amide bonds. The van der Waals surface area contributed by atoms with Crippen LogP contribution in [0.1, 0.15) is 5.89 Å². The van der Waals surface area contributed by atoms with Gasteiger partial charge in [0.15, 0.2) is 5.76 Å². The van der Waals surface area contributed by atoms with E-state index in [1.54, 1.807) is 30.3 Å². The number of aromatic nitrogens is 1. The highest BCUT2D eigenvalue weighted by molar-refractivity contribution is 5.55. The topological polar surface area (TPSA) is 26.0 Å². The third kappa shape index (κ3) is 2.01. The first-order valence-corrected chi connectivity index (χ1v) is 4.16. The van der Waals surface area contributed by atoms with Gasteiger partial charge in [0.2, 0.25) is 0 Å². The summed E-state index contributed by atoms with van der Waals surface area (Å²) in [5, 5.41) is 0. The molecule has 0 radical (unpaired) electrons. The van der Waals surface area contributed by atoms with Crippen LogP contribution in [0.5, 0.6) is 0 Å². The summed E-state index contributed by atoms with van der Waals surface area (Å²) in [4.78, 5) is 3.17. The van der Waals surface area contributed by atoms with E-state index in [2.05, 4.69) is 9.40 Å². The van der Waals surface area contributed by atoms with Gasteiger partial charge in [-0.1, -0.05) is 30.3 Å². The predicted molar refractivity (Wildman–Crippen MR) is 46.9 cm³/mol. The van der Waals surface area contributed by atoms with Gasteiger partial charge < -0.3 is 4.42 Å². The Balaban J connectivity index is 2.37. The Kier molecular flexibility index (Phi) is 2.22. The Labute approximate surface area is 83.4 Å². The molecule has 2 aromatic rings. The van der Waals surface area contributed by atoms with Gasteiger partial charge in [0.25, 0.3) is 0 Å². The van der Waals surface area contributed by atoms with Crippen LogP contribution >= 0.6 is 0 Å². The van der Waals surface area contributed by atoms with Crippen LogP contribution in [0.15, 0.2) is 40.9 Å². The van der Waals surface area contributed by atoms with E-state index in [-0.39, 0.29) is 5.76 Å². The van der Waals surface area contributed by atoms with Gasteiger partial charge >= 0.3 is 12.1 Å². The van der Waals surface area contributed by atoms with Crippen LogP contribution in [-0.4, -0.2) is 4.98 Å². The minimum atomic E-state index is -4.53. The fourth-order valence-electron chi connectivity index (χ4n) is 1.14. The SMILES string of the molecule is FC(F)(F)c1ncc(-c2ccccc2)o1. The molecule has 1 aromatic carbocycles. The summed E-state index contributed by atoms with van der Waals surface area (Å²) < 4.78 is 41.1. The van der Waals surface area contributed by atoms with Crippen molar-refractivity contribution in [1.29, 1.82) is 0 Å². The van der Waals surface area contributed by atoms with Crippen LogP contribution in [0.25, 0.3) is 11.3 Å². The van der Waals surface area contributed by atoms with E-state index in [1.165, 1.54) is 0 Å². The van der Waals surface area contributed by atoms with E-state index in [9.17, 15) is 13.2 Å². The van der Waals surface area contributed by atoms with E-state index in [0.717, 1.165) is 6.20 Å². The first kappa shape index (κ1) is 9.76. The van der Waals surface area contributed by atoms with Gasteiger partial charge in [-0.05, 0) is 0 Å². The molecule has 0 aliphatic carbocycles. The lowest BCUT2D eigenvalue weighted by Gasteiger charge is -1.99. The van der Waals surface area contributed by atoms with Crippen molar-refractivity contribution in [1.82, 2.24) is 4.98 Å². The lowest BCUT2D eigenvalue weighted by Crippen LogP contribution is -2.04. The number of hydrogen-bond donors (Lipinski definition) is 0. The maximum absolute atomic E-state index is 12.2. The normalized spacial score (nSPS) is 11.7. The van der Waals surface area contributed by atoms with E-state index in [1.807, 2.05) is 0 Å². The average molecular weight is 213 g/mol. The van der Waals surface area contributed by atoms with Crippen molar-refractivity contribution in [3.05, 3.63) is 42.4 Å². The molecular formula is C10H6F3NO. The minimum Gasteiger partial charge on any atom is -0.433 e. The van der Waals surface area contributed by atoms with Gasteiger partial charge in [-0.25, -0.2) is 4.98 Å². The molecule has 15 heavy (non-hydrogen) atoms. The van der Waals surface area contributed by atoms with Gasteiger partial charge in [-0.15, -0.1) is 0 Å². The highest BCUT2D eigenvalue weighted by atomic mass is 19.4. The molecule has 0 fully saturated rings. The van der Waals surface area contributed by atoms with Crippen molar-refractivity contribution < 1.29 is 17.6 Å². The minimum absolute atomic E-state index is 0.114. The molecule has 0 spiro atoms. The number of nitrogens with zero attached hydrogens (tertiary/aromatic N) is 1. The second-order valence-electron chi connectivity index (χ2n) is 2.89. The fourth-order valence-corrected chi connectivity index (χ4v) is 1.14. The molecule has 0 unspecified atom stereocenters. The summed E-state index contributed by atoms with van der Waals surface area (Å²) in [6, 6.07) is 8.50. The highest BCUT2D eigenvalue weighted by Gasteiger charge is 2.37.